The van der Waals surface area contributed by atoms with Gasteiger partial charge in [0.15, 0.2) is 5.17 Å². The van der Waals surface area contributed by atoms with Crippen molar-refractivity contribution in [3.05, 3.63) is 34.9 Å². The summed E-state index contributed by atoms with van der Waals surface area (Å²) in [7, 11) is 0. The SMILES string of the molecule is NC1=NC2CCC(OC(=O)c3cccc(Cl)c3)CC2CS1.O=C(O)C(F)(F)F. The maximum atomic E-state index is 12.1. The van der Waals surface area contributed by atoms with E-state index in [0.29, 0.717) is 27.7 Å². The number of alkyl halides is 3. The molecule has 0 amide bonds. The van der Waals surface area contributed by atoms with E-state index in [2.05, 4.69) is 4.99 Å². The van der Waals surface area contributed by atoms with Crippen LogP contribution in [0.5, 0.6) is 0 Å². The molecule has 3 rings (SSSR count). The van der Waals surface area contributed by atoms with Crippen molar-refractivity contribution in [2.24, 2.45) is 16.6 Å². The van der Waals surface area contributed by atoms with E-state index >= 15 is 0 Å². The van der Waals surface area contributed by atoms with Crippen molar-refractivity contribution in [2.75, 3.05) is 5.75 Å². The smallest absolute Gasteiger partial charge is 0.475 e. The Balaban J connectivity index is 0.000000345. The summed E-state index contributed by atoms with van der Waals surface area (Å²) >= 11 is 7.49. The first-order valence-electron chi connectivity index (χ1n) is 8.29. The van der Waals surface area contributed by atoms with Gasteiger partial charge in [-0.2, -0.15) is 13.2 Å². The van der Waals surface area contributed by atoms with Gasteiger partial charge in [-0.25, -0.2) is 9.59 Å². The number of nitrogens with zero attached hydrogens (tertiary/aromatic N) is 1. The van der Waals surface area contributed by atoms with Gasteiger partial charge in [-0.1, -0.05) is 29.4 Å². The zero-order valence-corrected chi connectivity index (χ0v) is 16.1. The van der Waals surface area contributed by atoms with Crippen molar-refractivity contribution in [3.63, 3.8) is 0 Å². The maximum absolute atomic E-state index is 12.1. The topological polar surface area (TPSA) is 102 Å². The quantitative estimate of drug-likeness (QED) is 0.682. The molecule has 3 N–H and O–H groups in total. The first-order chi connectivity index (χ1) is 13.1. The molecule has 0 bridgehead atoms. The third-order valence-corrected chi connectivity index (χ3v) is 5.44. The highest BCUT2D eigenvalue weighted by molar-refractivity contribution is 8.13. The number of amidine groups is 1. The van der Waals surface area contributed by atoms with Crippen LogP contribution in [0.1, 0.15) is 29.6 Å². The van der Waals surface area contributed by atoms with Crippen molar-refractivity contribution < 1.29 is 32.6 Å². The average molecular weight is 439 g/mol. The Morgan fingerprint density at radius 2 is 2.00 bits per heavy atom. The normalized spacial score (nSPS) is 24.1. The number of carboxylic acid groups (broad SMARTS) is 1. The van der Waals surface area contributed by atoms with Crippen LogP contribution in [0, 0.1) is 5.92 Å². The van der Waals surface area contributed by atoms with Gasteiger partial charge in [-0.15, -0.1) is 0 Å². The number of benzene rings is 1. The lowest BCUT2D eigenvalue weighted by Crippen LogP contribution is -2.38. The molecule has 0 saturated heterocycles. The first-order valence-corrected chi connectivity index (χ1v) is 9.65. The molecular weight excluding hydrogens is 421 g/mol. The molecule has 1 saturated carbocycles. The fourth-order valence-electron chi connectivity index (χ4n) is 2.89. The lowest BCUT2D eigenvalue weighted by atomic mass is 9.84. The molecule has 0 spiro atoms. The number of esters is 1. The summed E-state index contributed by atoms with van der Waals surface area (Å²) in [6, 6.07) is 7.15. The molecule has 3 atom stereocenters. The fourth-order valence-corrected chi connectivity index (χ4v) is 4.03. The van der Waals surface area contributed by atoms with E-state index in [4.69, 9.17) is 32.0 Å². The lowest BCUT2D eigenvalue weighted by Gasteiger charge is -2.35. The summed E-state index contributed by atoms with van der Waals surface area (Å²) in [6.07, 6.45) is -2.48. The lowest BCUT2D eigenvalue weighted by molar-refractivity contribution is -0.192. The predicted octanol–water partition coefficient (Wildman–Crippen LogP) is 3.73. The van der Waals surface area contributed by atoms with Crippen LogP contribution in [0.2, 0.25) is 5.02 Å². The highest BCUT2D eigenvalue weighted by Gasteiger charge is 2.38. The van der Waals surface area contributed by atoms with Crippen LogP contribution in [-0.2, 0) is 9.53 Å². The van der Waals surface area contributed by atoms with Crippen LogP contribution in [0.3, 0.4) is 0 Å². The van der Waals surface area contributed by atoms with Crippen LogP contribution in [0.4, 0.5) is 13.2 Å². The second-order valence-corrected chi connectivity index (χ2v) is 7.74. The molecule has 1 aromatic carbocycles. The average Bonchev–Trinajstić information content (AvgIpc) is 2.61. The van der Waals surface area contributed by atoms with Crippen molar-refractivity contribution in [3.8, 4) is 0 Å². The molecule has 6 nitrogen and oxygen atoms in total. The number of halogens is 4. The number of hydrogen-bond donors (Lipinski definition) is 2. The van der Waals surface area contributed by atoms with E-state index < -0.39 is 12.1 Å². The van der Waals surface area contributed by atoms with E-state index in [1.54, 1.807) is 36.0 Å². The third-order valence-electron chi connectivity index (χ3n) is 4.21. The van der Waals surface area contributed by atoms with Gasteiger partial charge in [-0.05, 0) is 43.4 Å². The number of carboxylic acids is 1. The number of ether oxygens (including phenoxy) is 1. The van der Waals surface area contributed by atoms with Gasteiger partial charge in [0.25, 0.3) is 0 Å². The summed E-state index contributed by atoms with van der Waals surface area (Å²) in [4.78, 5) is 25.5. The van der Waals surface area contributed by atoms with E-state index in [1.807, 2.05) is 0 Å². The van der Waals surface area contributed by atoms with Gasteiger partial charge >= 0.3 is 18.1 Å². The van der Waals surface area contributed by atoms with Gasteiger partial charge in [0.05, 0.1) is 11.6 Å². The van der Waals surface area contributed by atoms with Crippen molar-refractivity contribution in [1.82, 2.24) is 0 Å². The molecule has 2 aliphatic rings. The first kappa shape index (κ1) is 22.4. The predicted molar refractivity (Wildman–Crippen MR) is 99.6 cm³/mol. The minimum absolute atomic E-state index is 0.0344. The molecule has 1 heterocycles. The summed E-state index contributed by atoms with van der Waals surface area (Å²) in [5.74, 6) is -1.64. The number of hydrogen-bond acceptors (Lipinski definition) is 6. The maximum Gasteiger partial charge on any atom is 0.490 e. The summed E-state index contributed by atoms with van der Waals surface area (Å²) in [5.41, 5.74) is 6.27. The molecule has 1 aliphatic carbocycles. The van der Waals surface area contributed by atoms with Crippen LogP contribution >= 0.6 is 23.4 Å². The van der Waals surface area contributed by atoms with Gasteiger partial charge in [0.2, 0.25) is 0 Å². The molecule has 1 fully saturated rings. The minimum Gasteiger partial charge on any atom is -0.475 e. The van der Waals surface area contributed by atoms with E-state index in [0.717, 1.165) is 25.0 Å². The second-order valence-electron chi connectivity index (χ2n) is 6.26. The van der Waals surface area contributed by atoms with Crippen molar-refractivity contribution in [1.29, 1.82) is 0 Å². The number of aliphatic carboxylic acids is 1. The number of carbonyl (C=O) groups excluding carboxylic acids is 1. The zero-order valence-electron chi connectivity index (χ0n) is 14.5. The monoisotopic (exact) mass is 438 g/mol. The Hall–Kier alpha value is -1.94. The molecule has 1 aromatic rings. The number of nitrogens with two attached hydrogens (primary N) is 1. The minimum atomic E-state index is -5.08. The molecule has 11 heteroatoms. The summed E-state index contributed by atoms with van der Waals surface area (Å²) < 4.78 is 37.4. The van der Waals surface area contributed by atoms with Gasteiger partial charge < -0.3 is 15.6 Å². The fraction of sp³-hybridized carbons (Fsp3) is 0.471. The van der Waals surface area contributed by atoms with E-state index in [9.17, 15) is 18.0 Å². The van der Waals surface area contributed by atoms with E-state index in [1.165, 1.54) is 0 Å². The highest BCUT2D eigenvalue weighted by atomic mass is 35.5. The van der Waals surface area contributed by atoms with Crippen molar-refractivity contribution >= 4 is 40.5 Å². The number of rotatable bonds is 2. The van der Waals surface area contributed by atoms with Gasteiger partial charge in [0, 0.05) is 10.8 Å². The number of carbonyl (C=O) groups is 2. The van der Waals surface area contributed by atoms with Crippen LogP contribution in [0.15, 0.2) is 29.3 Å². The largest absolute Gasteiger partial charge is 0.490 e. The number of fused-ring (bicyclic) bond motifs is 1. The van der Waals surface area contributed by atoms with Gasteiger partial charge in [-0.3, -0.25) is 4.99 Å². The van der Waals surface area contributed by atoms with Crippen molar-refractivity contribution in [2.45, 2.75) is 37.6 Å². The highest BCUT2D eigenvalue weighted by Crippen LogP contribution is 2.35. The second kappa shape index (κ2) is 9.51. The van der Waals surface area contributed by atoms with Crippen LogP contribution in [0.25, 0.3) is 0 Å². The molecule has 28 heavy (non-hydrogen) atoms. The number of aliphatic imine (C=N–C) groups is 1. The molecule has 154 valence electrons. The van der Waals surface area contributed by atoms with Crippen LogP contribution < -0.4 is 5.73 Å². The van der Waals surface area contributed by atoms with Crippen LogP contribution in [-0.4, -0.2) is 46.3 Å². The Kier molecular flexibility index (Phi) is 7.59. The molecule has 0 radical (unpaired) electrons. The van der Waals surface area contributed by atoms with E-state index in [-0.39, 0.29) is 12.1 Å². The molecule has 1 aliphatic heterocycles. The summed E-state index contributed by atoms with van der Waals surface area (Å²) in [6.45, 7) is 0. The number of thioether (sulfide) groups is 1. The zero-order chi connectivity index (χ0) is 20.9. The summed E-state index contributed by atoms with van der Waals surface area (Å²) in [5, 5.41) is 8.35. The Labute approximate surface area is 168 Å². The molecule has 3 unspecified atom stereocenters. The Morgan fingerprint density at radius 3 is 2.61 bits per heavy atom. The molecule has 0 aromatic heterocycles. The molecular formula is C17H18ClF3N2O4S. The standard InChI is InChI=1S/C15H17ClN2O2S.C2HF3O2/c16-11-3-1-2-9(6-11)14(19)20-12-4-5-13-10(7-12)8-21-15(17)18-13;3-2(4,5)1(6)7/h1-3,6,10,12-13H,4-5,7-8H2,(H2,17,18);(H,6,7). The Morgan fingerprint density at radius 1 is 1.32 bits per heavy atom. The Bertz CT molecular complexity index is 760. The third kappa shape index (κ3) is 6.59. The van der Waals surface area contributed by atoms with Gasteiger partial charge in [0.1, 0.15) is 6.10 Å².